The molecular weight excluding hydrogens is 397 g/mol. The van der Waals surface area contributed by atoms with E-state index in [0.717, 1.165) is 37.7 Å². The van der Waals surface area contributed by atoms with E-state index in [1.165, 1.54) is 0 Å². The first kappa shape index (κ1) is 24.4. The number of rotatable bonds is 13. The Labute approximate surface area is 164 Å². The summed E-state index contributed by atoms with van der Waals surface area (Å²) in [5.41, 5.74) is -4.86. The van der Waals surface area contributed by atoms with E-state index >= 15 is 0 Å². The Morgan fingerprint density at radius 3 is 2.25 bits per heavy atom. The third-order valence-corrected chi connectivity index (χ3v) is 5.12. The first-order chi connectivity index (χ1) is 13.2. The van der Waals surface area contributed by atoms with Crippen LogP contribution in [0.2, 0.25) is 0 Å². The SMILES string of the molecule is CCCCCCCCOC(=O)[C@@H](CCc1ccccc1)OS(=O)(=O)C(F)(F)F. The summed E-state index contributed by atoms with van der Waals surface area (Å²) in [6.45, 7) is 2.11. The van der Waals surface area contributed by atoms with Crippen molar-refractivity contribution in [2.24, 2.45) is 0 Å². The van der Waals surface area contributed by atoms with Crippen LogP contribution in [-0.4, -0.2) is 32.6 Å². The molecule has 9 heteroatoms. The van der Waals surface area contributed by atoms with Crippen LogP contribution in [0.1, 0.15) is 57.4 Å². The molecule has 0 bridgehead atoms. The van der Waals surface area contributed by atoms with Crippen molar-refractivity contribution in [2.45, 2.75) is 69.9 Å². The number of esters is 1. The van der Waals surface area contributed by atoms with Crippen LogP contribution >= 0.6 is 0 Å². The monoisotopic (exact) mass is 424 g/mol. The summed E-state index contributed by atoms with van der Waals surface area (Å²) in [4.78, 5) is 12.1. The van der Waals surface area contributed by atoms with Gasteiger partial charge < -0.3 is 4.74 Å². The smallest absolute Gasteiger partial charge is 0.464 e. The molecule has 0 aliphatic carbocycles. The lowest BCUT2D eigenvalue weighted by Crippen LogP contribution is -2.35. The highest BCUT2D eigenvalue weighted by molar-refractivity contribution is 7.87. The van der Waals surface area contributed by atoms with Crippen LogP contribution in [0.15, 0.2) is 30.3 Å². The number of hydrogen-bond donors (Lipinski definition) is 0. The van der Waals surface area contributed by atoms with Gasteiger partial charge in [-0.15, -0.1) is 0 Å². The van der Waals surface area contributed by atoms with Crippen LogP contribution in [0.4, 0.5) is 13.2 Å². The maximum atomic E-state index is 12.6. The van der Waals surface area contributed by atoms with E-state index in [0.29, 0.717) is 6.42 Å². The minimum absolute atomic E-state index is 0.0161. The van der Waals surface area contributed by atoms with Gasteiger partial charge in [0.15, 0.2) is 6.10 Å². The lowest BCUT2D eigenvalue weighted by atomic mass is 10.1. The van der Waals surface area contributed by atoms with Crippen LogP contribution in [-0.2, 0) is 30.3 Å². The number of aryl methyl sites for hydroxylation is 1. The maximum absolute atomic E-state index is 12.6. The number of ether oxygens (including phenoxy) is 1. The summed E-state index contributed by atoms with van der Waals surface area (Å²) in [5, 5.41) is 0. The fourth-order valence-electron chi connectivity index (χ4n) is 2.50. The van der Waals surface area contributed by atoms with E-state index in [1.54, 1.807) is 30.3 Å². The number of benzene rings is 1. The van der Waals surface area contributed by atoms with Crippen molar-refractivity contribution >= 4 is 16.1 Å². The largest absolute Gasteiger partial charge is 0.523 e. The maximum Gasteiger partial charge on any atom is 0.523 e. The Kier molecular flexibility index (Phi) is 10.5. The van der Waals surface area contributed by atoms with Gasteiger partial charge in [-0.3, -0.25) is 0 Å². The molecule has 0 heterocycles. The van der Waals surface area contributed by atoms with Gasteiger partial charge >= 0.3 is 21.6 Å². The molecule has 160 valence electrons. The van der Waals surface area contributed by atoms with Crippen LogP contribution in [0.3, 0.4) is 0 Å². The number of carbonyl (C=O) groups excluding carboxylic acids is 1. The number of hydrogen-bond acceptors (Lipinski definition) is 5. The molecule has 0 aliphatic heterocycles. The van der Waals surface area contributed by atoms with Gasteiger partial charge in [-0.2, -0.15) is 21.6 Å². The van der Waals surface area contributed by atoms with Crippen molar-refractivity contribution in [1.29, 1.82) is 0 Å². The second-order valence-electron chi connectivity index (χ2n) is 6.44. The highest BCUT2D eigenvalue weighted by Gasteiger charge is 2.49. The summed E-state index contributed by atoms with van der Waals surface area (Å²) in [6, 6.07) is 8.66. The fraction of sp³-hybridized carbons (Fsp3) is 0.632. The number of alkyl halides is 3. The molecule has 1 aromatic rings. The quantitative estimate of drug-likeness (QED) is 0.198. The van der Waals surface area contributed by atoms with E-state index in [-0.39, 0.29) is 19.4 Å². The summed E-state index contributed by atoms with van der Waals surface area (Å²) in [6.07, 6.45) is 3.73. The predicted octanol–water partition coefficient (Wildman–Crippen LogP) is 4.76. The minimum Gasteiger partial charge on any atom is -0.464 e. The van der Waals surface area contributed by atoms with Crippen molar-refractivity contribution in [3.63, 3.8) is 0 Å². The molecular formula is C19H27F3O5S. The van der Waals surface area contributed by atoms with Crippen molar-refractivity contribution in [2.75, 3.05) is 6.61 Å². The Balaban J connectivity index is 2.62. The zero-order valence-corrected chi connectivity index (χ0v) is 16.7. The van der Waals surface area contributed by atoms with Gasteiger partial charge in [0.25, 0.3) is 0 Å². The van der Waals surface area contributed by atoms with Crippen molar-refractivity contribution < 1.29 is 35.3 Å². The van der Waals surface area contributed by atoms with Gasteiger partial charge in [0.1, 0.15) is 0 Å². The lowest BCUT2D eigenvalue weighted by Gasteiger charge is -2.17. The van der Waals surface area contributed by atoms with Crippen molar-refractivity contribution in [1.82, 2.24) is 0 Å². The average Bonchev–Trinajstić information content (AvgIpc) is 2.64. The first-order valence-electron chi connectivity index (χ1n) is 9.37. The highest BCUT2D eigenvalue weighted by Crippen LogP contribution is 2.27. The van der Waals surface area contributed by atoms with E-state index in [2.05, 4.69) is 11.1 Å². The number of carbonyl (C=O) groups is 1. The molecule has 0 unspecified atom stereocenters. The zero-order valence-electron chi connectivity index (χ0n) is 15.9. The molecule has 1 atom stereocenters. The van der Waals surface area contributed by atoms with E-state index in [9.17, 15) is 26.4 Å². The molecule has 0 spiro atoms. The molecule has 0 saturated carbocycles. The second kappa shape index (κ2) is 12.1. The van der Waals surface area contributed by atoms with Gasteiger partial charge in [-0.1, -0.05) is 69.4 Å². The molecule has 28 heavy (non-hydrogen) atoms. The Morgan fingerprint density at radius 1 is 1.04 bits per heavy atom. The molecule has 5 nitrogen and oxygen atoms in total. The third kappa shape index (κ3) is 9.05. The molecule has 0 aromatic heterocycles. The van der Waals surface area contributed by atoms with Crippen molar-refractivity contribution in [3.8, 4) is 0 Å². The van der Waals surface area contributed by atoms with E-state index in [4.69, 9.17) is 4.74 Å². The number of unbranched alkanes of at least 4 members (excludes halogenated alkanes) is 5. The molecule has 1 aromatic carbocycles. The molecule has 0 aliphatic rings. The Morgan fingerprint density at radius 2 is 1.64 bits per heavy atom. The highest BCUT2D eigenvalue weighted by atomic mass is 32.2. The standard InChI is InChI=1S/C19H27F3O5S/c1-2-3-4-5-6-10-15-26-18(23)17(27-28(24,25)19(20,21)22)14-13-16-11-8-7-9-12-16/h7-9,11-12,17H,2-6,10,13-15H2,1H3/t17-/m1/s1. The van der Waals surface area contributed by atoms with Crippen LogP contribution < -0.4 is 0 Å². The molecule has 0 amide bonds. The summed E-state index contributed by atoms with van der Waals surface area (Å²) in [7, 11) is -5.89. The van der Waals surface area contributed by atoms with E-state index in [1.807, 2.05) is 0 Å². The molecule has 0 N–H and O–H groups in total. The summed E-state index contributed by atoms with van der Waals surface area (Å²) >= 11 is 0. The lowest BCUT2D eigenvalue weighted by molar-refractivity contribution is -0.153. The van der Waals surface area contributed by atoms with Gasteiger partial charge in [0, 0.05) is 0 Å². The third-order valence-electron chi connectivity index (χ3n) is 4.07. The van der Waals surface area contributed by atoms with Gasteiger partial charge in [-0.25, -0.2) is 8.98 Å². The second-order valence-corrected chi connectivity index (χ2v) is 8.01. The topological polar surface area (TPSA) is 69.7 Å². The molecule has 0 fully saturated rings. The summed E-state index contributed by atoms with van der Waals surface area (Å²) in [5.74, 6) is -1.10. The van der Waals surface area contributed by atoms with Gasteiger partial charge in [0.2, 0.25) is 0 Å². The number of halogens is 3. The van der Waals surface area contributed by atoms with Crippen molar-refractivity contribution in [3.05, 3.63) is 35.9 Å². The zero-order chi connectivity index (χ0) is 21.0. The molecule has 0 radical (unpaired) electrons. The van der Waals surface area contributed by atoms with Crippen LogP contribution in [0.5, 0.6) is 0 Å². The van der Waals surface area contributed by atoms with E-state index < -0.39 is 27.7 Å². The minimum atomic E-state index is -5.89. The fourth-order valence-corrected chi connectivity index (χ4v) is 3.09. The Bertz CT molecular complexity index is 675. The summed E-state index contributed by atoms with van der Waals surface area (Å²) < 4.78 is 69.6. The first-order valence-corrected chi connectivity index (χ1v) is 10.8. The van der Waals surface area contributed by atoms with Gasteiger partial charge in [-0.05, 0) is 24.8 Å². The average molecular weight is 424 g/mol. The predicted molar refractivity (Wildman–Crippen MR) is 98.9 cm³/mol. The van der Waals surface area contributed by atoms with Crippen LogP contribution in [0.25, 0.3) is 0 Å². The normalized spacial score (nSPS) is 13.3. The van der Waals surface area contributed by atoms with Gasteiger partial charge in [0.05, 0.1) is 6.61 Å². The molecule has 1 rings (SSSR count). The van der Waals surface area contributed by atoms with Crippen LogP contribution in [0, 0.1) is 0 Å². The Hall–Kier alpha value is -1.61. The molecule has 0 saturated heterocycles.